The number of hydrogen-bond acceptors (Lipinski definition) is 6. The van der Waals surface area contributed by atoms with E-state index in [2.05, 4.69) is 10.3 Å². The number of aromatic nitrogens is 1. The van der Waals surface area contributed by atoms with Crippen molar-refractivity contribution in [1.82, 2.24) is 10.3 Å². The number of ether oxygens (including phenoxy) is 1. The number of pyridine rings is 1. The molecule has 2 aromatic rings. The van der Waals surface area contributed by atoms with Crippen molar-refractivity contribution in [2.24, 2.45) is 5.92 Å². The van der Waals surface area contributed by atoms with E-state index in [9.17, 15) is 9.90 Å². The van der Waals surface area contributed by atoms with Gasteiger partial charge >= 0.3 is 0 Å². The largest absolute Gasteiger partial charge is 0.495 e. The smallest absolute Gasteiger partial charge is 0.287 e. The van der Waals surface area contributed by atoms with Crippen LogP contribution in [0.25, 0.3) is 0 Å². The van der Waals surface area contributed by atoms with Gasteiger partial charge in [-0.05, 0) is 42.5 Å². The normalized spacial score (nSPS) is 21.0. The van der Waals surface area contributed by atoms with Crippen LogP contribution in [0.2, 0.25) is 0 Å². The zero-order valence-corrected chi connectivity index (χ0v) is 13.3. The average molecular weight is 332 g/mol. The van der Waals surface area contributed by atoms with Gasteiger partial charge in [-0.2, -0.15) is 0 Å². The fourth-order valence-electron chi connectivity index (χ4n) is 2.89. The van der Waals surface area contributed by atoms with E-state index in [0.29, 0.717) is 24.4 Å². The van der Waals surface area contributed by atoms with Crippen molar-refractivity contribution in [3.8, 4) is 5.75 Å². The number of aliphatic hydroxyl groups excluding tert-OH is 2. The van der Waals surface area contributed by atoms with E-state index in [4.69, 9.17) is 14.3 Å². The van der Waals surface area contributed by atoms with Gasteiger partial charge in [0.25, 0.3) is 5.91 Å². The van der Waals surface area contributed by atoms with E-state index in [1.165, 1.54) is 6.07 Å². The Morgan fingerprint density at radius 2 is 2.25 bits per heavy atom. The number of aliphatic hydroxyl groups is 2. The second-order valence-corrected chi connectivity index (χ2v) is 5.92. The minimum absolute atomic E-state index is 0.116. The maximum absolute atomic E-state index is 12.4. The van der Waals surface area contributed by atoms with Crippen molar-refractivity contribution in [3.05, 3.63) is 47.7 Å². The molecular formula is C17H20N2O5. The summed E-state index contributed by atoms with van der Waals surface area (Å²) in [6.07, 6.45) is 4.17. The summed E-state index contributed by atoms with van der Waals surface area (Å²) in [5, 5.41) is 21.6. The van der Waals surface area contributed by atoms with Crippen LogP contribution in [-0.4, -0.2) is 34.3 Å². The van der Waals surface area contributed by atoms with Gasteiger partial charge < -0.3 is 24.7 Å². The summed E-state index contributed by atoms with van der Waals surface area (Å²) >= 11 is 0. The number of methoxy groups -OCH3 is 1. The second-order valence-electron chi connectivity index (χ2n) is 5.92. The van der Waals surface area contributed by atoms with Gasteiger partial charge in [0.05, 0.1) is 25.5 Å². The highest BCUT2D eigenvalue weighted by molar-refractivity contribution is 5.91. The van der Waals surface area contributed by atoms with E-state index >= 15 is 0 Å². The molecule has 24 heavy (non-hydrogen) atoms. The highest BCUT2D eigenvalue weighted by Crippen LogP contribution is 2.38. The zero-order chi connectivity index (χ0) is 17.1. The monoisotopic (exact) mass is 332 g/mol. The molecule has 0 aromatic carbocycles. The SMILES string of the molecule is COc1cncc([C@@H](NC(=O)c2ccc(CO)o2)C2CC(O)C2)c1. The van der Waals surface area contributed by atoms with Crippen LogP contribution in [0, 0.1) is 5.92 Å². The first-order chi connectivity index (χ1) is 11.6. The third-order valence-electron chi connectivity index (χ3n) is 4.28. The zero-order valence-electron chi connectivity index (χ0n) is 13.3. The van der Waals surface area contributed by atoms with Crippen molar-refractivity contribution < 1.29 is 24.2 Å². The summed E-state index contributed by atoms with van der Waals surface area (Å²) in [6.45, 7) is -0.259. The third-order valence-corrected chi connectivity index (χ3v) is 4.28. The Morgan fingerprint density at radius 1 is 1.46 bits per heavy atom. The fourth-order valence-corrected chi connectivity index (χ4v) is 2.89. The molecular weight excluding hydrogens is 312 g/mol. The number of amides is 1. The van der Waals surface area contributed by atoms with Gasteiger partial charge in [-0.15, -0.1) is 0 Å². The van der Waals surface area contributed by atoms with Crippen molar-refractivity contribution in [2.75, 3.05) is 7.11 Å². The molecule has 3 rings (SSSR count). The van der Waals surface area contributed by atoms with Gasteiger partial charge in [0.2, 0.25) is 0 Å². The number of nitrogens with zero attached hydrogens (tertiary/aromatic N) is 1. The van der Waals surface area contributed by atoms with Gasteiger partial charge in [-0.1, -0.05) is 0 Å². The lowest BCUT2D eigenvalue weighted by Crippen LogP contribution is -2.41. The van der Waals surface area contributed by atoms with Crippen LogP contribution in [-0.2, 0) is 6.61 Å². The summed E-state index contributed by atoms with van der Waals surface area (Å²) < 4.78 is 10.5. The third kappa shape index (κ3) is 3.42. The number of nitrogens with one attached hydrogen (secondary N) is 1. The van der Waals surface area contributed by atoms with Crippen LogP contribution in [0.3, 0.4) is 0 Å². The molecule has 2 aromatic heterocycles. The Morgan fingerprint density at radius 3 is 2.88 bits per heavy atom. The number of carbonyl (C=O) groups excluding carboxylic acids is 1. The minimum Gasteiger partial charge on any atom is -0.495 e. The first kappa shape index (κ1) is 16.5. The molecule has 0 bridgehead atoms. The van der Waals surface area contributed by atoms with E-state index < -0.39 is 0 Å². The summed E-state index contributed by atoms with van der Waals surface area (Å²) in [5.41, 5.74) is 0.813. The Hall–Kier alpha value is -2.38. The fraction of sp³-hybridized carbons (Fsp3) is 0.412. The second kappa shape index (κ2) is 7.02. The minimum atomic E-state index is -0.371. The van der Waals surface area contributed by atoms with Crippen molar-refractivity contribution in [3.63, 3.8) is 0 Å². The van der Waals surface area contributed by atoms with Crippen LogP contribution in [0.4, 0.5) is 0 Å². The van der Waals surface area contributed by atoms with Crippen LogP contribution in [0.5, 0.6) is 5.75 Å². The molecule has 0 unspecified atom stereocenters. The maximum atomic E-state index is 12.4. The Balaban J connectivity index is 1.80. The molecule has 0 saturated heterocycles. The molecule has 1 saturated carbocycles. The lowest BCUT2D eigenvalue weighted by Gasteiger charge is -2.38. The quantitative estimate of drug-likeness (QED) is 0.739. The Kier molecular flexibility index (Phi) is 4.82. The lowest BCUT2D eigenvalue weighted by atomic mass is 9.75. The maximum Gasteiger partial charge on any atom is 0.287 e. The summed E-state index contributed by atoms with van der Waals surface area (Å²) in [4.78, 5) is 16.6. The van der Waals surface area contributed by atoms with Crippen molar-refractivity contribution in [1.29, 1.82) is 0 Å². The highest BCUT2D eigenvalue weighted by atomic mass is 16.5. The highest BCUT2D eigenvalue weighted by Gasteiger charge is 2.36. The van der Waals surface area contributed by atoms with Crippen LogP contribution < -0.4 is 10.1 Å². The first-order valence-electron chi connectivity index (χ1n) is 7.78. The van der Waals surface area contributed by atoms with Crippen molar-refractivity contribution in [2.45, 2.75) is 31.6 Å². The number of furan rings is 1. The van der Waals surface area contributed by atoms with Crippen LogP contribution in [0.1, 0.15) is 40.8 Å². The van der Waals surface area contributed by atoms with Gasteiger partial charge in [-0.3, -0.25) is 9.78 Å². The van der Waals surface area contributed by atoms with E-state index in [1.54, 1.807) is 25.6 Å². The molecule has 1 aliphatic rings. The molecule has 1 amide bonds. The lowest BCUT2D eigenvalue weighted by molar-refractivity contribution is 0.0231. The van der Waals surface area contributed by atoms with Crippen LogP contribution in [0.15, 0.2) is 35.0 Å². The predicted octanol–water partition coefficient (Wildman–Crippen LogP) is 1.42. The molecule has 0 aliphatic heterocycles. The summed E-state index contributed by atoms with van der Waals surface area (Å²) in [6, 6.07) is 4.61. The topological polar surface area (TPSA) is 105 Å². The summed E-state index contributed by atoms with van der Waals surface area (Å²) in [5.74, 6) is 0.819. The van der Waals surface area contributed by atoms with E-state index in [1.807, 2.05) is 6.07 Å². The van der Waals surface area contributed by atoms with Crippen molar-refractivity contribution >= 4 is 5.91 Å². The number of rotatable bonds is 6. The first-order valence-corrected chi connectivity index (χ1v) is 7.78. The molecule has 1 atom stereocenters. The number of hydrogen-bond donors (Lipinski definition) is 3. The average Bonchev–Trinajstić information content (AvgIpc) is 3.06. The van der Waals surface area contributed by atoms with Gasteiger partial charge in [0.1, 0.15) is 18.1 Å². The predicted molar refractivity (Wildman–Crippen MR) is 84.4 cm³/mol. The standard InChI is InChI=1S/C17H20N2O5/c1-23-14-6-11(7-18-8-14)16(10-4-12(21)5-10)19-17(22)15-3-2-13(9-20)24-15/h2-3,6-8,10,12,16,20-21H,4-5,9H2,1H3,(H,19,22)/t10?,12?,16-/m0/s1. The Labute approximate surface area is 139 Å². The van der Waals surface area contributed by atoms with Gasteiger partial charge in [0, 0.05) is 6.20 Å². The Bertz CT molecular complexity index is 709. The van der Waals surface area contributed by atoms with E-state index in [-0.39, 0.29) is 36.3 Å². The van der Waals surface area contributed by atoms with E-state index in [0.717, 1.165) is 5.56 Å². The van der Waals surface area contributed by atoms with Gasteiger partial charge in [-0.25, -0.2) is 0 Å². The molecule has 1 aliphatic carbocycles. The molecule has 1 fully saturated rings. The number of carbonyl (C=O) groups is 1. The molecule has 128 valence electrons. The molecule has 2 heterocycles. The van der Waals surface area contributed by atoms with Crippen LogP contribution >= 0.6 is 0 Å². The molecule has 7 nitrogen and oxygen atoms in total. The molecule has 7 heteroatoms. The molecule has 0 radical (unpaired) electrons. The molecule has 3 N–H and O–H groups in total. The van der Waals surface area contributed by atoms with Gasteiger partial charge in [0.15, 0.2) is 5.76 Å². The molecule has 0 spiro atoms. The summed E-state index contributed by atoms with van der Waals surface area (Å²) in [7, 11) is 1.56.